The number of rotatable bonds is 8. The quantitative estimate of drug-likeness (QED) is 0.304. The summed E-state index contributed by atoms with van der Waals surface area (Å²) in [4.78, 5) is 44.0. The number of fused-ring (bicyclic) bond motifs is 1. The van der Waals surface area contributed by atoms with Crippen LogP contribution in [-0.2, 0) is 9.53 Å². The van der Waals surface area contributed by atoms with Gasteiger partial charge in [-0.3, -0.25) is 9.36 Å². The first kappa shape index (κ1) is 29.6. The largest absolute Gasteiger partial charge is 0.497 e. The molecule has 1 aliphatic rings. The van der Waals surface area contributed by atoms with Crippen molar-refractivity contribution in [1.29, 1.82) is 0 Å². The van der Waals surface area contributed by atoms with Crippen molar-refractivity contribution in [2.24, 2.45) is 4.99 Å². The molecule has 1 atom stereocenters. The molecule has 0 radical (unpaired) electrons. The van der Waals surface area contributed by atoms with Crippen LogP contribution in [0.5, 0.6) is 11.5 Å². The molecule has 2 aromatic heterocycles. The Bertz CT molecular complexity index is 1980. The zero-order chi connectivity index (χ0) is 31.0. The molecule has 0 aliphatic carbocycles. The molecule has 5 rings (SSSR count). The first-order valence-corrected chi connectivity index (χ1v) is 14.4. The van der Waals surface area contributed by atoms with Crippen LogP contribution >= 0.6 is 11.3 Å². The number of methoxy groups -OCH3 is 2. The number of carboxylic acid groups (broad SMARTS) is 1. The Kier molecular flexibility index (Phi) is 8.10. The topological polar surface area (TPSA) is 121 Å². The zero-order valence-electron chi connectivity index (χ0n) is 24.6. The predicted octanol–water partition coefficient (Wildman–Crippen LogP) is 3.92. The molecule has 10 nitrogen and oxygen atoms in total. The zero-order valence-corrected chi connectivity index (χ0v) is 25.4. The van der Waals surface area contributed by atoms with Crippen LogP contribution in [0, 0.1) is 13.8 Å². The third kappa shape index (κ3) is 5.27. The van der Waals surface area contributed by atoms with E-state index in [0.29, 0.717) is 37.8 Å². The fourth-order valence-corrected chi connectivity index (χ4v) is 6.42. The Balaban J connectivity index is 1.71. The summed E-state index contributed by atoms with van der Waals surface area (Å²) < 4.78 is 20.3. The molecule has 1 aliphatic heterocycles. The van der Waals surface area contributed by atoms with Crippen LogP contribution in [0.4, 0.5) is 0 Å². The Labute approximate surface area is 251 Å². The standard InChI is InChI=1S/C32H31N3O7S/c1-7-42-31(39)27-18(3)33-32-35(28(27)24-12-11-23(40-5)16-25(24)41-6)29(36)26(43-32)15-21-13-17(2)34(19(21)4)22-10-8-9-20(14-22)30(37)38/h8-16,28H,7H2,1-6H3,(H,37,38)/b26-15-/t28-/m0/s1. The minimum absolute atomic E-state index is 0.164. The minimum atomic E-state index is -1.01. The number of aryl methyl sites for hydroxylation is 1. The maximum Gasteiger partial charge on any atom is 0.338 e. The highest BCUT2D eigenvalue weighted by Crippen LogP contribution is 2.37. The summed E-state index contributed by atoms with van der Waals surface area (Å²) in [6.07, 6.45) is 1.80. The van der Waals surface area contributed by atoms with Gasteiger partial charge in [-0.1, -0.05) is 17.4 Å². The molecule has 0 bridgehead atoms. The third-order valence-electron chi connectivity index (χ3n) is 7.36. The molecular weight excluding hydrogens is 570 g/mol. The number of thiazole rings is 1. The number of carbonyl (C=O) groups is 2. The molecule has 0 fully saturated rings. The lowest BCUT2D eigenvalue weighted by molar-refractivity contribution is -0.139. The molecule has 0 saturated heterocycles. The number of nitrogens with zero attached hydrogens (tertiary/aromatic N) is 3. The molecule has 0 saturated carbocycles. The van der Waals surface area contributed by atoms with Gasteiger partial charge >= 0.3 is 11.9 Å². The molecule has 4 aromatic rings. The van der Waals surface area contributed by atoms with E-state index in [1.54, 1.807) is 63.4 Å². The van der Waals surface area contributed by atoms with E-state index in [-0.39, 0.29) is 23.3 Å². The van der Waals surface area contributed by atoms with Crippen molar-refractivity contribution in [3.63, 3.8) is 0 Å². The fourth-order valence-electron chi connectivity index (χ4n) is 5.38. The van der Waals surface area contributed by atoms with Crippen molar-refractivity contribution in [1.82, 2.24) is 9.13 Å². The summed E-state index contributed by atoms with van der Waals surface area (Å²) in [5.74, 6) is -0.558. The average molecular weight is 602 g/mol. The SMILES string of the molecule is CCOC(=O)C1=C(C)N=c2s/c(=C\c3cc(C)n(-c4cccc(C(=O)O)c4)c3C)c(=O)n2[C@H]1c1ccc(OC)cc1OC. The van der Waals surface area contributed by atoms with Crippen molar-refractivity contribution in [2.75, 3.05) is 20.8 Å². The van der Waals surface area contributed by atoms with Gasteiger partial charge in [-0.25, -0.2) is 14.6 Å². The van der Waals surface area contributed by atoms with E-state index >= 15 is 0 Å². The van der Waals surface area contributed by atoms with Crippen LogP contribution < -0.4 is 24.4 Å². The molecule has 3 heterocycles. The van der Waals surface area contributed by atoms with E-state index in [1.807, 2.05) is 30.5 Å². The molecule has 1 N–H and O–H groups in total. The van der Waals surface area contributed by atoms with Crippen LogP contribution in [0.25, 0.3) is 11.8 Å². The third-order valence-corrected chi connectivity index (χ3v) is 8.34. The highest BCUT2D eigenvalue weighted by atomic mass is 32.1. The number of ether oxygens (including phenoxy) is 3. The van der Waals surface area contributed by atoms with Crippen molar-refractivity contribution in [3.8, 4) is 17.2 Å². The van der Waals surface area contributed by atoms with Gasteiger partial charge in [-0.05, 0) is 75.7 Å². The molecule has 0 spiro atoms. The normalized spacial score (nSPS) is 14.7. The molecule has 43 heavy (non-hydrogen) atoms. The number of carboxylic acids is 1. The molecule has 0 amide bonds. The minimum Gasteiger partial charge on any atom is -0.497 e. The van der Waals surface area contributed by atoms with E-state index in [4.69, 9.17) is 14.2 Å². The summed E-state index contributed by atoms with van der Waals surface area (Å²) in [7, 11) is 3.07. The Morgan fingerprint density at radius 3 is 2.51 bits per heavy atom. The second kappa shape index (κ2) is 11.8. The number of aromatic carboxylic acids is 1. The van der Waals surface area contributed by atoms with Gasteiger partial charge in [0.2, 0.25) is 0 Å². The van der Waals surface area contributed by atoms with Crippen molar-refractivity contribution < 1.29 is 28.9 Å². The first-order valence-electron chi connectivity index (χ1n) is 13.5. The summed E-state index contributed by atoms with van der Waals surface area (Å²) in [6, 6.07) is 13.0. The molecular formula is C32H31N3O7S. The molecule has 11 heteroatoms. The molecule has 2 aromatic carbocycles. The van der Waals surface area contributed by atoms with Crippen molar-refractivity contribution in [3.05, 3.63) is 108 Å². The van der Waals surface area contributed by atoms with Gasteiger partial charge in [-0.2, -0.15) is 0 Å². The van der Waals surface area contributed by atoms with E-state index in [1.165, 1.54) is 23.0 Å². The fraction of sp³-hybridized carbons (Fsp3) is 0.250. The number of aromatic nitrogens is 2. The number of carbonyl (C=O) groups excluding carboxylic acids is 1. The lowest BCUT2D eigenvalue weighted by Crippen LogP contribution is -2.40. The summed E-state index contributed by atoms with van der Waals surface area (Å²) in [6.45, 7) is 7.45. The number of esters is 1. The van der Waals surface area contributed by atoms with E-state index in [0.717, 1.165) is 17.0 Å². The highest BCUT2D eigenvalue weighted by Gasteiger charge is 2.35. The van der Waals surface area contributed by atoms with Crippen LogP contribution in [0.2, 0.25) is 0 Å². The Morgan fingerprint density at radius 2 is 1.84 bits per heavy atom. The first-order chi connectivity index (χ1) is 20.6. The second-order valence-corrected chi connectivity index (χ2v) is 10.9. The maximum atomic E-state index is 14.1. The predicted molar refractivity (Wildman–Crippen MR) is 162 cm³/mol. The summed E-state index contributed by atoms with van der Waals surface area (Å²) in [5.41, 5.74) is 4.36. The van der Waals surface area contributed by atoms with Gasteiger partial charge in [0.1, 0.15) is 17.5 Å². The maximum absolute atomic E-state index is 14.1. The van der Waals surface area contributed by atoms with Gasteiger partial charge in [0.05, 0.1) is 42.2 Å². The number of hydrogen-bond donors (Lipinski definition) is 1. The highest BCUT2D eigenvalue weighted by molar-refractivity contribution is 7.07. The van der Waals surface area contributed by atoms with Crippen molar-refractivity contribution in [2.45, 2.75) is 33.7 Å². The van der Waals surface area contributed by atoms with Gasteiger partial charge < -0.3 is 23.9 Å². The van der Waals surface area contributed by atoms with Gasteiger partial charge in [0, 0.05) is 28.7 Å². The van der Waals surface area contributed by atoms with Crippen LogP contribution in [0.1, 0.15) is 52.8 Å². The summed E-state index contributed by atoms with van der Waals surface area (Å²) in [5, 5.41) is 9.46. The van der Waals surface area contributed by atoms with Crippen LogP contribution in [0.15, 0.2) is 69.6 Å². The lowest BCUT2D eigenvalue weighted by Gasteiger charge is -2.26. The van der Waals surface area contributed by atoms with Crippen LogP contribution in [-0.4, -0.2) is 47.0 Å². The molecule has 222 valence electrons. The van der Waals surface area contributed by atoms with Gasteiger partial charge in [0.25, 0.3) is 5.56 Å². The Morgan fingerprint density at radius 1 is 1.07 bits per heavy atom. The van der Waals surface area contributed by atoms with Crippen LogP contribution in [0.3, 0.4) is 0 Å². The van der Waals surface area contributed by atoms with Crippen molar-refractivity contribution >= 4 is 29.4 Å². The van der Waals surface area contributed by atoms with Gasteiger partial charge in [0.15, 0.2) is 4.80 Å². The molecule has 0 unspecified atom stereocenters. The Hall–Kier alpha value is -4.90. The average Bonchev–Trinajstić information content (AvgIpc) is 3.45. The van der Waals surface area contributed by atoms with E-state index < -0.39 is 18.0 Å². The van der Waals surface area contributed by atoms with Gasteiger partial charge in [-0.15, -0.1) is 0 Å². The lowest BCUT2D eigenvalue weighted by atomic mass is 9.95. The summed E-state index contributed by atoms with van der Waals surface area (Å²) >= 11 is 1.22. The number of allylic oxidation sites excluding steroid dienone is 1. The van der Waals surface area contributed by atoms with E-state index in [9.17, 15) is 19.5 Å². The number of hydrogen-bond acceptors (Lipinski definition) is 8. The second-order valence-electron chi connectivity index (χ2n) is 9.93. The monoisotopic (exact) mass is 601 g/mol. The smallest absolute Gasteiger partial charge is 0.338 e. The van der Waals surface area contributed by atoms with E-state index in [2.05, 4.69) is 4.99 Å². The number of benzene rings is 2.